The van der Waals surface area contributed by atoms with Crippen LogP contribution in [0.25, 0.3) is 0 Å². The van der Waals surface area contributed by atoms with Crippen molar-refractivity contribution in [3.63, 3.8) is 0 Å². The number of methoxy groups -OCH3 is 2. The van der Waals surface area contributed by atoms with Gasteiger partial charge in [-0.3, -0.25) is 0 Å². The summed E-state index contributed by atoms with van der Waals surface area (Å²) in [5, 5.41) is 2.70. The fraction of sp³-hybridized carbons (Fsp3) is 0.158. The molecule has 0 aromatic heterocycles. The summed E-state index contributed by atoms with van der Waals surface area (Å²) in [5.74, 6) is 1.79. The van der Waals surface area contributed by atoms with E-state index in [0.717, 1.165) is 11.5 Å². The number of benzene rings is 2. The predicted molar refractivity (Wildman–Crippen MR) is 94.2 cm³/mol. The van der Waals surface area contributed by atoms with E-state index in [4.69, 9.17) is 9.47 Å². The number of rotatable bonds is 5. The van der Waals surface area contributed by atoms with Crippen LogP contribution >= 0.6 is 7.92 Å². The number of hydrogen-bond acceptors (Lipinski definition) is 2. The lowest BCUT2D eigenvalue weighted by molar-refractivity contribution is 0.415. The Morgan fingerprint density at radius 2 is 1.09 bits per heavy atom. The van der Waals surface area contributed by atoms with Gasteiger partial charge in [-0.15, -0.1) is 0 Å². The van der Waals surface area contributed by atoms with Crippen molar-refractivity contribution in [1.29, 1.82) is 0 Å². The minimum atomic E-state index is -0.472. The molecule has 0 fully saturated rings. The summed E-state index contributed by atoms with van der Waals surface area (Å²) in [7, 11) is 2.92. The van der Waals surface area contributed by atoms with Crippen LogP contribution in [-0.2, 0) is 0 Å². The Hall–Kier alpha value is -2.05. The first kappa shape index (κ1) is 14.9. The highest BCUT2D eigenvalue weighted by atomic mass is 31.1. The maximum Gasteiger partial charge on any atom is 0.118 e. The molecule has 3 rings (SSSR count). The van der Waals surface area contributed by atoms with Gasteiger partial charge in [-0.1, -0.05) is 48.6 Å². The highest BCUT2D eigenvalue weighted by Gasteiger charge is 2.22. The Balaban J connectivity index is 1.98. The van der Waals surface area contributed by atoms with E-state index in [2.05, 4.69) is 48.6 Å². The number of ether oxygens (including phenoxy) is 2. The summed E-state index contributed by atoms with van der Waals surface area (Å²) >= 11 is 0. The highest BCUT2D eigenvalue weighted by molar-refractivity contribution is 7.74. The summed E-state index contributed by atoms with van der Waals surface area (Å²) in [6, 6.07) is 16.9. The molecule has 2 aromatic rings. The van der Waals surface area contributed by atoms with Crippen molar-refractivity contribution >= 4 is 18.5 Å². The molecule has 0 spiro atoms. The first-order chi connectivity index (χ1) is 10.8. The van der Waals surface area contributed by atoms with Crippen LogP contribution in [-0.4, -0.2) is 19.9 Å². The second-order valence-corrected chi connectivity index (χ2v) is 7.40. The SMILES string of the molecule is COc1ccc(P(c2ccc(OC)cc2)C2C=CC=C2)cc1. The molecule has 0 saturated carbocycles. The minimum Gasteiger partial charge on any atom is -0.497 e. The van der Waals surface area contributed by atoms with Crippen molar-refractivity contribution in [3.8, 4) is 11.5 Å². The largest absolute Gasteiger partial charge is 0.497 e. The van der Waals surface area contributed by atoms with Crippen LogP contribution in [0.4, 0.5) is 0 Å². The predicted octanol–water partition coefficient (Wildman–Crippen LogP) is 3.63. The lowest BCUT2D eigenvalue weighted by Crippen LogP contribution is -2.18. The van der Waals surface area contributed by atoms with E-state index in [1.807, 2.05) is 24.3 Å². The van der Waals surface area contributed by atoms with Crippen LogP contribution in [0.5, 0.6) is 11.5 Å². The molecule has 0 amide bonds. The van der Waals surface area contributed by atoms with Gasteiger partial charge >= 0.3 is 0 Å². The molecular formula is C19H19O2P. The normalized spacial score (nSPS) is 13.8. The van der Waals surface area contributed by atoms with Crippen LogP contribution in [0.3, 0.4) is 0 Å². The fourth-order valence-electron chi connectivity index (χ4n) is 2.57. The van der Waals surface area contributed by atoms with E-state index >= 15 is 0 Å². The van der Waals surface area contributed by atoms with E-state index < -0.39 is 7.92 Å². The summed E-state index contributed by atoms with van der Waals surface area (Å²) in [4.78, 5) is 0. The third-order valence-corrected chi connectivity index (χ3v) is 6.38. The molecule has 3 heteroatoms. The highest BCUT2D eigenvalue weighted by Crippen LogP contribution is 2.42. The van der Waals surface area contributed by atoms with E-state index in [9.17, 15) is 0 Å². The monoisotopic (exact) mass is 310 g/mol. The molecule has 112 valence electrons. The van der Waals surface area contributed by atoms with E-state index in [1.165, 1.54) is 10.6 Å². The van der Waals surface area contributed by atoms with Gasteiger partial charge in [0.1, 0.15) is 11.5 Å². The fourth-order valence-corrected chi connectivity index (χ4v) is 5.04. The van der Waals surface area contributed by atoms with Crippen molar-refractivity contribution in [1.82, 2.24) is 0 Å². The lowest BCUT2D eigenvalue weighted by atomic mass is 10.3. The first-order valence-electron chi connectivity index (χ1n) is 7.24. The van der Waals surface area contributed by atoms with Crippen LogP contribution in [0.2, 0.25) is 0 Å². The van der Waals surface area contributed by atoms with Gasteiger partial charge in [0.25, 0.3) is 0 Å². The Labute approximate surface area is 132 Å². The van der Waals surface area contributed by atoms with Gasteiger partial charge in [-0.25, -0.2) is 0 Å². The standard InChI is InChI=1S/C19H19O2P/c1-20-15-7-11-18(12-8-15)22(17-5-3-4-6-17)19-13-9-16(21-2)10-14-19/h3-14,17H,1-2H3. The Kier molecular flexibility index (Phi) is 4.60. The summed E-state index contributed by atoms with van der Waals surface area (Å²) in [5.41, 5.74) is 0.441. The molecule has 0 bridgehead atoms. The van der Waals surface area contributed by atoms with Gasteiger partial charge in [-0.05, 0) is 42.8 Å². The zero-order chi connectivity index (χ0) is 15.4. The molecule has 0 saturated heterocycles. The second-order valence-electron chi connectivity index (χ2n) is 5.03. The van der Waals surface area contributed by atoms with Crippen molar-refractivity contribution in [3.05, 3.63) is 72.8 Å². The molecular weight excluding hydrogens is 291 g/mol. The molecule has 22 heavy (non-hydrogen) atoms. The van der Waals surface area contributed by atoms with Gasteiger partial charge in [0.05, 0.1) is 14.2 Å². The summed E-state index contributed by atoms with van der Waals surface area (Å²) in [6.45, 7) is 0. The van der Waals surface area contributed by atoms with E-state index in [0.29, 0.717) is 5.66 Å². The molecule has 0 unspecified atom stereocenters. The first-order valence-corrected chi connectivity index (χ1v) is 8.65. The van der Waals surface area contributed by atoms with Gasteiger partial charge in [0.15, 0.2) is 0 Å². The van der Waals surface area contributed by atoms with E-state index in [1.54, 1.807) is 14.2 Å². The van der Waals surface area contributed by atoms with E-state index in [-0.39, 0.29) is 0 Å². The van der Waals surface area contributed by atoms with Gasteiger partial charge in [-0.2, -0.15) is 0 Å². The van der Waals surface area contributed by atoms with Crippen molar-refractivity contribution in [2.75, 3.05) is 14.2 Å². The van der Waals surface area contributed by atoms with Gasteiger partial charge in [0.2, 0.25) is 0 Å². The number of hydrogen-bond donors (Lipinski definition) is 0. The van der Waals surface area contributed by atoms with Crippen LogP contribution in [0.15, 0.2) is 72.8 Å². The lowest BCUT2D eigenvalue weighted by Gasteiger charge is -2.23. The molecule has 2 aromatic carbocycles. The van der Waals surface area contributed by atoms with Crippen LogP contribution in [0, 0.1) is 0 Å². The molecule has 0 radical (unpaired) electrons. The Bertz CT molecular complexity index is 612. The van der Waals surface area contributed by atoms with Crippen LogP contribution in [0.1, 0.15) is 0 Å². The molecule has 1 aliphatic carbocycles. The minimum absolute atomic E-state index is 0.441. The van der Waals surface area contributed by atoms with Crippen LogP contribution < -0.4 is 20.1 Å². The Morgan fingerprint density at radius 3 is 1.45 bits per heavy atom. The zero-order valence-electron chi connectivity index (χ0n) is 12.8. The smallest absolute Gasteiger partial charge is 0.118 e. The average Bonchev–Trinajstić information content (AvgIpc) is 3.10. The topological polar surface area (TPSA) is 18.5 Å². The van der Waals surface area contributed by atoms with Crippen molar-refractivity contribution in [2.45, 2.75) is 5.66 Å². The summed E-state index contributed by atoms with van der Waals surface area (Å²) in [6.07, 6.45) is 8.82. The zero-order valence-corrected chi connectivity index (χ0v) is 13.7. The quantitative estimate of drug-likeness (QED) is 0.785. The average molecular weight is 310 g/mol. The molecule has 0 N–H and O–H groups in total. The third kappa shape index (κ3) is 3.08. The number of allylic oxidation sites excluding steroid dienone is 4. The summed E-state index contributed by atoms with van der Waals surface area (Å²) < 4.78 is 10.5. The van der Waals surface area contributed by atoms with Gasteiger partial charge in [0, 0.05) is 5.66 Å². The van der Waals surface area contributed by atoms with Crippen molar-refractivity contribution < 1.29 is 9.47 Å². The molecule has 2 nitrogen and oxygen atoms in total. The molecule has 0 atom stereocenters. The maximum absolute atomic E-state index is 5.27. The van der Waals surface area contributed by atoms with Gasteiger partial charge < -0.3 is 9.47 Å². The second kappa shape index (κ2) is 6.81. The van der Waals surface area contributed by atoms with Crippen molar-refractivity contribution in [2.24, 2.45) is 0 Å². The molecule has 0 heterocycles. The maximum atomic E-state index is 5.27. The Morgan fingerprint density at radius 1 is 0.682 bits per heavy atom. The third-order valence-electron chi connectivity index (χ3n) is 3.73. The molecule has 1 aliphatic rings. The molecule has 0 aliphatic heterocycles.